The van der Waals surface area contributed by atoms with Gasteiger partial charge in [0.1, 0.15) is 6.07 Å². The summed E-state index contributed by atoms with van der Waals surface area (Å²) in [5.74, 6) is -3.57. The second kappa shape index (κ2) is 4.54. The lowest BCUT2D eigenvalue weighted by molar-refractivity contribution is 0.00578. The van der Waals surface area contributed by atoms with Gasteiger partial charge in [0.2, 0.25) is 0 Å². The lowest BCUT2D eigenvalue weighted by atomic mass is 9.74. The number of alkyl halides is 2. The highest BCUT2D eigenvalue weighted by molar-refractivity contribution is 6.62. The topological polar surface area (TPSA) is 42.2 Å². The van der Waals surface area contributed by atoms with Gasteiger partial charge < -0.3 is 9.31 Å². The second-order valence-electron chi connectivity index (χ2n) is 5.86. The Hall–Kier alpha value is -1.45. The van der Waals surface area contributed by atoms with Crippen molar-refractivity contribution in [1.82, 2.24) is 0 Å². The van der Waals surface area contributed by atoms with Crippen LogP contribution in [0.25, 0.3) is 0 Å². The molecule has 0 unspecified atom stereocenters. The van der Waals surface area contributed by atoms with Gasteiger partial charge >= 0.3 is 13.0 Å². The van der Waals surface area contributed by atoms with Crippen LogP contribution in [0.4, 0.5) is 8.78 Å². The summed E-state index contributed by atoms with van der Waals surface area (Å²) in [6.07, 6.45) is 0. The van der Waals surface area contributed by atoms with Gasteiger partial charge in [0.15, 0.2) is 0 Å². The van der Waals surface area contributed by atoms with E-state index in [1.807, 2.05) is 27.7 Å². The third kappa shape index (κ3) is 2.32. The van der Waals surface area contributed by atoms with Crippen LogP contribution in [-0.2, 0) is 15.2 Å². The van der Waals surface area contributed by atoms with Crippen molar-refractivity contribution < 1.29 is 18.1 Å². The average Bonchev–Trinajstić information content (AvgIpc) is 2.58. The summed E-state index contributed by atoms with van der Waals surface area (Å²) < 4.78 is 39.0. The van der Waals surface area contributed by atoms with Gasteiger partial charge in [-0.3, -0.25) is 0 Å². The van der Waals surface area contributed by atoms with E-state index in [1.54, 1.807) is 6.07 Å². The van der Waals surface area contributed by atoms with Crippen molar-refractivity contribution in [2.45, 2.75) is 44.8 Å². The van der Waals surface area contributed by atoms with Crippen LogP contribution in [0.1, 0.15) is 33.3 Å². The highest BCUT2D eigenvalue weighted by atomic mass is 19.3. The van der Waals surface area contributed by atoms with E-state index in [9.17, 15) is 8.78 Å². The molecule has 0 atom stereocenters. The van der Waals surface area contributed by atoms with E-state index in [-0.39, 0.29) is 11.0 Å². The Morgan fingerprint density at radius 2 is 1.60 bits per heavy atom. The minimum atomic E-state index is -3.57. The van der Waals surface area contributed by atoms with E-state index >= 15 is 0 Å². The number of hydrogen-bond acceptors (Lipinski definition) is 3. The molecular formula is C14H16BF2NO2. The van der Waals surface area contributed by atoms with Crippen molar-refractivity contribution in [2.24, 2.45) is 0 Å². The molecule has 1 aliphatic rings. The van der Waals surface area contributed by atoms with E-state index < -0.39 is 24.2 Å². The maximum Gasteiger partial charge on any atom is 0.495 e. The molecule has 0 N–H and O–H groups in total. The maximum absolute atomic E-state index is 13.7. The first-order chi connectivity index (χ1) is 9.11. The number of nitrogens with zero attached hydrogens (tertiary/aromatic N) is 1. The SMILES string of the molecule is CC1(C)OB(c2ccccc2C(F)(F)C#N)OC1(C)C. The van der Waals surface area contributed by atoms with Crippen LogP contribution in [0.2, 0.25) is 0 Å². The molecule has 0 bridgehead atoms. The van der Waals surface area contributed by atoms with Gasteiger partial charge in [-0.1, -0.05) is 24.3 Å². The largest absolute Gasteiger partial charge is 0.495 e. The Morgan fingerprint density at radius 1 is 1.10 bits per heavy atom. The zero-order chi connectivity index (χ0) is 15.2. The summed E-state index contributed by atoms with van der Waals surface area (Å²) in [5.41, 5.74) is -1.42. The summed E-state index contributed by atoms with van der Waals surface area (Å²) >= 11 is 0. The molecule has 1 aliphatic heterocycles. The molecule has 0 saturated carbocycles. The van der Waals surface area contributed by atoms with E-state index in [0.717, 1.165) is 6.07 Å². The molecule has 1 aromatic carbocycles. The first kappa shape index (κ1) is 15.0. The second-order valence-corrected chi connectivity index (χ2v) is 5.86. The Kier molecular flexibility index (Phi) is 3.39. The molecule has 6 heteroatoms. The molecular weight excluding hydrogens is 263 g/mol. The lowest BCUT2D eigenvalue weighted by Crippen LogP contribution is -2.41. The van der Waals surface area contributed by atoms with Crippen molar-refractivity contribution in [1.29, 1.82) is 5.26 Å². The molecule has 1 fully saturated rings. The van der Waals surface area contributed by atoms with Crippen molar-refractivity contribution in [2.75, 3.05) is 0 Å². The van der Waals surface area contributed by atoms with Gasteiger partial charge in [0.05, 0.1) is 11.2 Å². The number of nitriles is 1. The summed E-state index contributed by atoms with van der Waals surface area (Å²) in [7, 11) is -0.907. The van der Waals surface area contributed by atoms with Gasteiger partial charge in [-0.05, 0) is 33.2 Å². The first-order valence-electron chi connectivity index (χ1n) is 6.35. The molecule has 2 rings (SSSR count). The summed E-state index contributed by atoms with van der Waals surface area (Å²) in [4.78, 5) is 0. The average molecular weight is 279 g/mol. The summed E-state index contributed by atoms with van der Waals surface area (Å²) in [6, 6.07) is 6.84. The number of halogens is 2. The van der Waals surface area contributed by atoms with Crippen molar-refractivity contribution in [3.05, 3.63) is 29.8 Å². The number of benzene rings is 1. The van der Waals surface area contributed by atoms with Crippen LogP contribution >= 0.6 is 0 Å². The molecule has 0 amide bonds. The molecule has 1 saturated heterocycles. The third-order valence-corrected chi connectivity index (χ3v) is 3.95. The maximum atomic E-state index is 13.7. The Morgan fingerprint density at radius 3 is 2.10 bits per heavy atom. The molecule has 1 heterocycles. The molecule has 0 aliphatic carbocycles. The highest BCUT2D eigenvalue weighted by Crippen LogP contribution is 2.37. The standard InChI is InChI=1S/C14H16BF2NO2/c1-12(2)13(3,4)20-15(19-12)11-8-6-5-7-10(11)14(16,17)9-18/h5-8H,1-4H3. The first-order valence-corrected chi connectivity index (χ1v) is 6.35. The Balaban J connectivity index is 2.45. The van der Waals surface area contributed by atoms with Crippen LogP contribution in [-0.4, -0.2) is 18.3 Å². The fourth-order valence-corrected chi connectivity index (χ4v) is 2.02. The van der Waals surface area contributed by atoms with Crippen molar-refractivity contribution in [3.8, 4) is 6.07 Å². The Bertz CT molecular complexity index is 551. The van der Waals surface area contributed by atoms with E-state index in [1.165, 1.54) is 18.2 Å². The zero-order valence-corrected chi connectivity index (χ0v) is 11.9. The highest BCUT2D eigenvalue weighted by Gasteiger charge is 2.53. The number of hydrogen-bond donors (Lipinski definition) is 0. The quantitative estimate of drug-likeness (QED) is 0.781. The van der Waals surface area contributed by atoms with Crippen LogP contribution in [0, 0.1) is 11.3 Å². The predicted octanol–water partition coefficient (Wildman–Crippen LogP) is 2.60. The lowest BCUT2D eigenvalue weighted by Gasteiger charge is -2.32. The monoisotopic (exact) mass is 279 g/mol. The van der Waals surface area contributed by atoms with Gasteiger partial charge in [0.25, 0.3) is 0 Å². The van der Waals surface area contributed by atoms with Crippen LogP contribution in [0.5, 0.6) is 0 Å². The predicted molar refractivity (Wildman–Crippen MR) is 71.7 cm³/mol. The minimum Gasteiger partial charge on any atom is -0.399 e. The Labute approximate surface area is 117 Å². The van der Waals surface area contributed by atoms with Gasteiger partial charge in [-0.25, -0.2) is 0 Å². The van der Waals surface area contributed by atoms with Gasteiger partial charge in [-0.15, -0.1) is 0 Å². The minimum absolute atomic E-state index is 0.192. The van der Waals surface area contributed by atoms with E-state index in [4.69, 9.17) is 14.6 Å². The van der Waals surface area contributed by atoms with Crippen LogP contribution in [0.15, 0.2) is 24.3 Å². The molecule has 0 aromatic heterocycles. The zero-order valence-electron chi connectivity index (χ0n) is 11.9. The normalized spacial score (nSPS) is 20.8. The van der Waals surface area contributed by atoms with Crippen LogP contribution in [0.3, 0.4) is 0 Å². The molecule has 20 heavy (non-hydrogen) atoms. The van der Waals surface area contributed by atoms with Gasteiger partial charge in [-0.2, -0.15) is 14.0 Å². The molecule has 106 valence electrons. The smallest absolute Gasteiger partial charge is 0.399 e. The third-order valence-electron chi connectivity index (χ3n) is 3.95. The van der Waals surface area contributed by atoms with E-state index in [0.29, 0.717) is 0 Å². The number of rotatable bonds is 2. The summed E-state index contributed by atoms with van der Waals surface area (Å²) in [5, 5.41) is 8.64. The van der Waals surface area contributed by atoms with E-state index in [2.05, 4.69) is 0 Å². The molecule has 3 nitrogen and oxygen atoms in total. The fraction of sp³-hybridized carbons (Fsp3) is 0.500. The molecule has 0 spiro atoms. The molecule has 0 radical (unpaired) electrons. The van der Waals surface area contributed by atoms with Gasteiger partial charge in [0, 0.05) is 5.56 Å². The van der Waals surface area contributed by atoms with Crippen molar-refractivity contribution in [3.63, 3.8) is 0 Å². The fourth-order valence-electron chi connectivity index (χ4n) is 2.02. The molecule has 1 aromatic rings. The van der Waals surface area contributed by atoms with Crippen LogP contribution < -0.4 is 5.46 Å². The summed E-state index contributed by atoms with van der Waals surface area (Å²) in [6.45, 7) is 7.38. The van der Waals surface area contributed by atoms with Crippen molar-refractivity contribution >= 4 is 12.6 Å².